The number of imidazole rings is 1. The Morgan fingerprint density at radius 2 is 2.16 bits per heavy atom. The standard InChI is InChI=1S/C21H21Cl2N5O4/c1-2-32-19(31)21-7-12(21)14(15(29)16(21)30)28-9-25-13-17(26-20(23)27-18(13)28)24-8-10-4-3-5-11(22)6-10/h3-6,9,12,14-16,29-30H,2,7-8H2,1H3,(H,24,26,27)/t12-,14-,15+,16+,21+/m1/s1. The number of esters is 1. The quantitative estimate of drug-likeness (QED) is 0.365. The summed E-state index contributed by atoms with van der Waals surface area (Å²) >= 11 is 12.2. The molecule has 11 heteroatoms. The van der Waals surface area contributed by atoms with Crippen LogP contribution in [0.15, 0.2) is 30.6 Å². The topological polar surface area (TPSA) is 122 Å². The summed E-state index contributed by atoms with van der Waals surface area (Å²) in [5, 5.41) is 25.3. The molecule has 168 valence electrons. The normalized spacial score (nSPS) is 28.5. The summed E-state index contributed by atoms with van der Waals surface area (Å²) in [4.78, 5) is 25.5. The van der Waals surface area contributed by atoms with Gasteiger partial charge in [-0.1, -0.05) is 23.7 Å². The van der Waals surface area contributed by atoms with Gasteiger partial charge >= 0.3 is 5.97 Å². The number of halogens is 2. The highest BCUT2D eigenvalue weighted by atomic mass is 35.5. The van der Waals surface area contributed by atoms with E-state index in [-0.39, 0.29) is 17.8 Å². The third-order valence-electron chi connectivity index (χ3n) is 6.39. The van der Waals surface area contributed by atoms with Gasteiger partial charge in [-0.05, 0) is 42.6 Å². The van der Waals surface area contributed by atoms with Crippen molar-refractivity contribution in [1.82, 2.24) is 19.5 Å². The first kappa shape index (κ1) is 21.4. The number of aliphatic hydroxyl groups excluding tert-OH is 2. The molecule has 0 unspecified atom stereocenters. The summed E-state index contributed by atoms with van der Waals surface area (Å²) in [7, 11) is 0. The van der Waals surface area contributed by atoms with Gasteiger partial charge in [0.15, 0.2) is 17.0 Å². The molecule has 9 nitrogen and oxygen atoms in total. The lowest BCUT2D eigenvalue weighted by atomic mass is 9.99. The Morgan fingerprint density at radius 1 is 1.34 bits per heavy atom. The van der Waals surface area contributed by atoms with E-state index in [1.165, 1.54) is 6.33 Å². The van der Waals surface area contributed by atoms with Crippen molar-refractivity contribution in [2.45, 2.75) is 38.1 Å². The zero-order valence-corrected chi connectivity index (χ0v) is 18.6. The van der Waals surface area contributed by atoms with Gasteiger partial charge < -0.3 is 24.8 Å². The Labute approximate surface area is 193 Å². The van der Waals surface area contributed by atoms with E-state index in [1.54, 1.807) is 17.6 Å². The van der Waals surface area contributed by atoms with Gasteiger partial charge in [0, 0.05) is 17.5 Å². The maximum Gasteiger partial charge on any atom is 0.315 e. The van der Waals surface area contributed by atoms with Crippen LogP contribution >= 0.6 is 23.2 Å². The van der Waals surface area contributed by atoms with Gasteiger partial charge in [-0.2, -0.15) is 9.97 Å². The van der Waals surface area contributed by atoms with Crippen molar-refractivity contribution in [2.75, 3.05) is 11.9 Å². The third-order valence-corrected chi connectivity index (χ3v) is 6.80. The number of benzene rings is 1. The zero-order chi connectivity index (χ0) is 22.6. The molecule has 2 aromatic heterocycles. The van der Waals surface area contributed by atoms with E-state index in [1.807, 2.05) is 18.2 Å². The predicted octanol–water partition coefficient (Wildman–Crippen LogP) is 2.59. The summed E-state index contributed by atoms with van der Waals surface area (Å²) in [6.45, 7) is 2.36. The molecule has 0 spiro atoms. The summed E-state index contributed by atoms with van der Waals surface area (Å²) in [6, 6.07) is 6.82. The highest BCUT2D eigenvalue weighted by Gasteiger charge is 2.76. The molecule has 5 atom stereocenters. The van der Waals surface area contributed by atoms with E-state index in [9.17, 15) is 15.0 Å². The molecule has 2 saturated carbocycles. The van der Waals surface area contributed by atoms with Crippen molar-refractivity contribution in [2.24, 2.45) is 11.3 Å². The van der Waals surface area contributed by atoms with Crippen LogP contribution in [0.5, 0.6) is 0 Å². The number of carbonyl (C=O) groups excluding carboxylic acids is 1. The summed E-state index contributed by atoms with van der Waals surface area (Å²) in [6.07, 6.45) is -0.452. The maximum absolute atomic E-state index is 12.5. The van der Waals surface area contributed by atoms with Crippen LogP contribution in [0.2, 0.25) is 10.3 Å². The second-order valence-electron chi connectivity index (χ2n) is 8.15. The van der Waals surface area contributed by atoms with E-state index >= 15 is 0 Å². The first-order valence-corrected chi connectivity index (χ1v) is 11.0. The number of nitrogens with one attached hydrogen (secondary N) is 1. The first-order chi connectivity index (χ1) is 15.4. The van der Waals surface area contributed by atoms with Crippen LogP contribution in [0, 0.1) is 11.3 Å². The molecular weight excluding hydrogens is 457 g/mol. The lowest BCUT2D eigenvalue weighted by Crippen LogP contribution is -2.38. The molecule has 2 heterocycles. The molecule has 2 aliphatic rings. The zero-order valence-electron chi connectivity index (χ0n) is 17.1. The van der Waals surface area contributed by atoms with Crippen LogP contribution in [0.25, 0.3) is 11.2 Å². The van der Waals surface area contributed by atoms with Gasteiger partial charge in [-0.3, -0.25) is 4.79 Å². The fourth-order valence-electron chi connectivity index (χ4n) is 4.84. The highest BCUT2D eigenvalue weighted by Crippen LogP contribution is 2.68. The smallest absolute Gasteiger partial charge is 0.315 e. The Kier molecular flexibility index (Phi) is 5.24. The molecule has 3 N–H and O–H groups in total. The Hall–Kier alpha value is -2.46. The molecule has 0 radical (unpaired) electrons. The van der Waals surface area contributed by atoms with Crippen LogP contribution in [0.1, 0.15) is 24.9 Å². The van der Waals surface area contributed by atoms with Crippen molar-refractivity contribution in [3.05, 3.63) is 46.5 Å². The van der Waals surface area contributed by atoms with E-state index in [2.05, 4.69) is 20.3 Å². The van der Waals surface area contributed by atoms with Crippen LogP contribution in [-0.2, 0) is 16.1 Å². The molecule has 0 amide bonds. The molecule has 1 aromatic carbocycles. The van der Waals surface area contributed by atoms with Crippen molar-refractivity contribution in [3.63, 3.8) is 0 Å². The minimum atomic E-state index is -1.23. The SMILES string of the molecule is CCOC(=O)[C@@]12C[C@@H]1[C@@H](n1cnc3c(NCc4cccc(Cl)c4)nc(Cl)nc31)[C@H](O)[C@@H]2O. The van der Waals surface area contributed by atoms with E-state index < -0.39 is 29.6 Å². The van der Waals surface area contributed by atoms with E-state index in [0.29, 0.717) is 35.0 Å². The van der Waals surface area contributed by atoms with Crippen LogP contribution < -0.4 is 5.32 Å². The predicted molar refractivity (Wildman–Crippen MR) is 117 cm³/mol. The number of ether oxygens (including phenoxy) is 1. The molecule has 0 bridgehead atoms. The molecule has 0 saturated heterocycles. The molecule has 5 rings (SSSR count). The first-order valence-electron chi connectivity index (χ1n) is 10.3. The number of aromatic nitrogens is 4. The number of aliphatic hydroxyl groups is 2. The number of carbonyl (C=O) groups is 1. The van der Waals surface area contributed by atoms with Crippen molar-refractivity contribution in [3.8, 4) is 0 Å². The molecule has 3 aromatic rings. The van der Waals surface area contributed by atoms with Gasteiger partial charge in [-0.25, -0.2) is 4.98 Å². The minimum absolute atomic E-state index is 0.00772. The summed E-state index contributed by atoms with van der Waals surface area (Å²) in [5.74, 6) is -0.347. The molecular formula is C21H21Cl2N5O4. The average Bonchev–Trinajstić information content (AvgIpc) is 3.30. The monoisotopic (exact) mass is 477 g/mol. The van der Waals surface area contributed by atoms with Gasteiger partial charge in [0.1, 0.15) is 11.5 Å². The number of nitrogens with zero attached hydrogens (tertiary/aromatic N) is 4. The Morgan fingerprint density at radius 3 is 2.91 bits per heavy atom. The molecule has 2 aliphatic carbocycles. The van der Waals surface area contributed by atoms with Gasteiger partial charge in [0.25, 0.3) is 0 Å². The Balaban J connectivity index is 1.47. The fraction of sp³-hybridized carbons (Fsp3) is 0.429. The lowest BCUT2D eigenvalue weighted by molar-refractivity contribution is -0.156. The number of rotatable bonds is 6. The van der Waals surface area contributed by atoms with Crippen LogP contribution in [0.3, 0.4) is 0 Å². The number of hydrogen-bond acceptors (Lipinski definition) is 8. The van der Waals surface area contributed by atoms with E-state index in [0.717, 1.165) is 5.56 Å². The number of anilines is 1. The average molecular weight is 478 g/mol. The van der Waals surface area contributed by atoms with Crippen molar-refractivity contribution < 1.29 is 19.7 Å². The van der Waals surface area contributed by atoms with Gasteiger partial charge in [-0.15, -0.1) is 0 Å². The second-order valence-corrected chi connectivity index (χ2v) is 8.92. The van der Waals surface area contributed by atoms with Crippen LogP contribution in [0.4, 0.5) is 5.82 Å². The summed E-state index contributed by atoms with van der Waals surface area (Å²) < 4.78 is 6.83. The maximum atomic E-state index is 12.5. The second kappa shape index (κ2) is 7.84. The molecule has 32 heavy (non-hydrogen) atoms. The Bertz CT molecular complexity index is 1200. The highest BCUT2D eigenvalue weighted by molar-refractivity contribution is 6.30. The van der Waals surface area contributed by atoms with Crippen molar-refractivity contribution in [1.29, 1.82) is 0 Å². The largest absolute Gasteiger partial charge is 0.465 e. The summed E-state index contributed by atoms with van der Waals surface area (Å²) in [5.41, 5.74) is 0.724. The third kappa shape index (κ3) is 3.23. The fourth-order valence-corrected chi connectivity index (χ4v) is 5.22. The minimum Gasteiger partial charge on any atom is -0.465 e. The van der Waals surface area contributed by atoms with Gasteiger partial charge in [0.05, 0.1) is 25.1 Å². The van der Waals surface area contributed by atoms with Crippen molar-refractivity contribution >= 4 is 46.2 Å². The van der Waals surface area contributed by atoms with Crippen LogP contribution in [-0.4, -0.2) is 54.5 Å². The number of fused-ring (bicyclic) bond motifs is 2. The molecule has 0 aliphatic heterocycles. The number of hydrogen-bond donors (Lipinski definition) is 3. The van der Waals surface area contributed by atoms with Gasteiger partial charge in [0.2, 0.25) is 5.28 Å². The lowest BCUT2D eigenvalue weighted by Gasteiger charge is -2.23. The van der Waals surface area contributed by atoms with E-state index in [4.69, 9.17) is 27.9 Å². The molecule has 2 fully saturated rings.